The molecule has 4 N–H and O–H groups in total. The van der Waals surface area contributed by atoms with Crippen LogP contribution in [-0.4, -0.2) is 78.0 Å². The minimum Gasteiger partial charge on any atom is -0.481 e. The Morgan fingerprint density at radius 3 is 1.78 bits per heavy atom. The van der Waals surface area contributed by atoms with E-state index in [0.29, 0.717) is 37.0 Å². The van der Waals surface area contributed by atoms with Crippen molar-refractivity contribution in [1.82, 2.24) is 10.6 Å². The second-order valence-electron chi connectivity index (χ2n) is 16.0. The first-order chi connectivity index (χ1) is 23.0. The number of nitrogens with one attached hydrogen (secondary N) is 2. The summed E-state index contributed by atoms with van der Waals surface area (Å²) in [6, 6.07) is -0.518. The van der Waals surface area contributed by atoms with E-state index in [4.69, 9.17) is 14.2 Å². The minimum atomic E-state index is -1.14. The van der Waals surface area contributed by atoms with E-state index in [0.717, 1.165) is 38.5 Å². The SMILES string of the molecule is CCC(C)(C)C(=O)OCCNC(=O)NC1(C(=O)O)CC2CCC1C2.CCC(C)(C)C(=O)OCCOC(=O)C1C(C(=O)O)C2C3CCC(C3)C12. The number of carbonyl (C=O) groups excluding carboxylic acids is 4. The van der Waals surface area contributed by atoms with Gasteiger partial charge in [-0.25, -0.2) is 9.59 Å². The second-order valence-corrected chi connectivity index (χ2v) is 16.0. The van der Waals surface area contributed by atoms with Crippen molar-refractivity contribution in [2.24, 2.45) is 58.2 Å². The summed E-state index contributed by atoms with van der Waals surface area (Å²) in [5, 5.41) is 24.3. The third-order valence-electron chi connectivity index (χ3n) is 12.4. The number of ether oxygens (including phenoxy) is 3. The summed E-state index contributed by atoms with van der Waals surface area (Å²) < 4.78 is 15.6. The van der Waals surface area contributed by atoms with Gasteiger partial charge in [-0.15, -0.1) is 0 Å². The molecule has 5 saturated carbocycles. The predicted molar refractivity (Wildman–Crippen MR) is 176 cm³/mol. The fourth-order valence-corrected chi connectivity index (χ4v) is 8.81. The van der Waals surface area contributed by atoms with Crippen LogP contribution in [-0.2, 0) is 38.2 Å². The van der Waals surface area contributed by atoms with Gasteiger partial charge in [0, 0.05) is 0 Å². The number of urea groups is 1. The Morgan fingerprint density at radius 2 is 1.29 bits per heavy atom. The highest BCUT2D eigenvalue weighted by atomic mass is 16.6. The summed E-state index contributed by atoms with van der Waals surface area (Å²) in [4.78, 5) is 71.5. The Bertz CT molecular complexity index is 1280. The maximum atomic E-state index is 12.4. The standard InChI is InChI=1S/C19H28O6.C17H28N2O5/c1-4-19(2,3)18(23)25-8-7-24-17(22)15-13-11-6-5-10(9-11)12(13)14(15)16(20)21;1-4-16(2,3)14(22)24-8-7-18-15(23)19-17(13(20)21)10-11-5-6-12(17)9-11/h10-15H,4-9H2,1-3H3,(H,20,21);11-12H,4-10H2,1-3H3,(H,20,21)(H2,18,19,23). The summed E-state index contributed by atoms with van der Waals surface area (Å²) in [7, 11) is 0. The lowest BCUT2D eigenvalue weighted by atomic mass is 9.52. The van der Waals surface area contributed by atoms with Gasteiger partial charge < -0.3 is 35.1 Å². The van der Waals surface area contributed by atoms with E-state index in [1.54, 1.807) is 13.8 Å². The molecule has 0 aromatic heterocycles. The van der Waals surface area contributed by atoms with Crippen molar-refractivity contribution in [3.8, 4) is 0 Å². The Hall–Kier alpha value is -3.38. The maximum absolute atomic E-state index is 12.4. The highest BCUT2D eigenvalue weighted by Crippen LogP contribution is 2.66. The molecule has 13 heteroatoms. The molecule has 4 bridgehead atoms. The zero-order valence-corrected chi connectivity index (χ0v) is 29.9. The van der Waals surface area contributed by atoms with Crippen LogP contribution in [0.5, 0.6) is 0 Å². The number of esters is 3. The Morgan fingerprint density at radius 1 is 0.735 bits per heavy atom. The molecule has 2 amide bonds. The van der Waals surface area contributed by atoms with E-state index in [9.17, 15) is 39.0 Å². The van der Waals surface area contributed by atoms with Crippen LogP contribution in [0.15, 0.2) is 0 Å². The molecular formula is C36H56N2O11. The van der Waals surface area contributed by atoms with Crippen LogP contribution in [0.1, 0.15) is 99.3 Å². The number of carboxylic acid groups (broad SMARTS) is 2. The summed E-state index contributed by atoms with van der Waals surface area (Å²) in [6.07, 6.45) is 7.87. The van der Waals surface area contributed by atoms with E-state index >= 15 is 0 Å². The Balaban J connectivity index is 0.000000221. The topological polar surface area (TPSA) is 195 Å². The van der Waals surface area contributed by atoms with Crippen LogP contribution < -0.4 is 10.6 Å². The molecule has 5 fully saturated rings. The van der Waals surface area contributed by atoms with E-state index < -0.39 is 52.1 Å². The first-order valence-corrected chi connectivity index (χ1v) is 18.0. The van der Waals surface area contributed by atoms with Gasteiger partial charge in [-0.05, 0) is 121 Å². The second kappa shape index (κ2) is 15.2. The van der Waals surface area contributed by atoms with Crippen LogP contribution in [0.4, 0.5) is 4.79 Å². The smallest absolute Gasteiger partial charge is 0.329 e. The summed E-state index contributed by atoms with van der Waals surface area (Å²) in [5.74, 6) is -2.35. The van der Waals surface area contributed by atoms with Crippen molar-refractivity contribution in [2.45, 2.75) is 105 Å². The molecule has 13 nitrogen and oxygen atoms in total. The molecule has 0 spiro atoms. The average molecular weight is 693 g/mol. The highest BCUT2D eigenvalue weighted by molar-refractivity contribution is 5.87. The van der Waals surface area contributed by atoms with Crippen LogP contribution in [0, 0.1) is 58.2 Å². The lowest BCUT2D eigenvalue weighted by molar-refractivity contribution is -0.184. The molecule has 5 aliphatic rings. The van der Waals surface area contributed by atoms with Gasteiger partial charge in [0.05, 0.1) is 29.2 Å². The first kappa shape index (κ1) is 38.4. The lowest BCUT2D eigenvalue weighted by Crippen LogP contribution is -2.60. The summed E-state index contributed by atoms with van der Waals surface area (Å²) in [6.45, 7) is 11.3. The molecule has 5 aliphatic carbocycles. The Kier molecular flexibility index (Phi) is 12.0. The molecule has 0 saturated heterocycles. The largest absolute Gasteiger partial charge is 0.481 e. The van der Waals surface area contributed by atoms with E-state index in [-0.39, 0.29) is 56.1 Å². The molecule has 0 aliphatic heterocycles. The number of hydrogen-bond acceptors (Lipinski definition) is 9. The monoisotopic (exact) mass is 692 g/mol. The zero-order chi connectivity index (χ0) is 36.3. The number of aliphatic carboxylic acids is 2. The third kappa shape index (κ3) is 8.01. The molecular weight excluding hydrogens is 636 g/mol. The molecule has 0 aromatic rings. The van der Waals surface area contributed by atoms with Crippen LogP contribution in [0.2, 0.25) is 0 Å². The minimum absolute atomic E-state index is 0.00827. The molecule has 9 unspecified atom stereocenters. The van der Waals surface area contributed by atoms with Crippen molar-refractivity contribution < 1.29 is 53.2 Å². The molecule has 0 radical (unpaired) electrons. The van der Waals surface area contributed by atoms with Crippen LogP contribution in [0.3, 0.4) is 0 Å². The summed E-state index contributed by atoms with van der Waals surface area (Å²) >= 11 is 0. The average Bonchev–Trinajstić information content (AvgIpc) is 3.82. The van der Waals surface area contributed by atoms with Gasteiger partial charge in [0.1, 0.15) is 25.4 Å². The number of carbonyl (C=O) groups is 6. The predicted octanol–water partition coefficient (Wildman–Crippen LogP) is 4.41. The number of carboxylic acids is 2. The molecule has 49 heavy (non-hydrogen) atoms. The van der Waals surface area contributed by atoms with Crippen LogP contribution in [0.25, 0.3) is 0 Å². The van der Waals surface area contributed by atoms with Gasteiger partial charge in [-0.1, -0.05) is 13.8 Å². The van der Waals surface area contributed by atoms with Crippen molar-refractivity contribution in [3.05, 3.63) is 0 Å². The van der Waals surface area contributed by atoms with Gasteiger partial charge in [0.15, 0.2) is 0 Å². The van der Waals surface area contributed by atoms with Crippen LogP contribution >= 0.6 is 0 Å². The van der Waals surface area contributed by atoms with Crippen molar-refractivity contribution in [2.75, 3.05) is 26.4 Å². The fraction of sp³-hybridized carbons (Fsp3) is 0.833. The van der Waals surface area contributed by atoms with E-state index in [2.05, 4.69) is 10.6 Å². The molecule has 0 aromatic carbocycles. The highest BCUT2D eigenvalue weighted by Gasteiger charge is 2.67. The number of amides is 2. The molecule has 0 heterocycles. The van der Waals surface area contributed by atoms with E-state index in [1.807, 2.05) is 27.7 Å². The Labute approximate surface area is 288 Å². The number of rotatable bonds is 14. The molecule has 9 atom stereocenters. The fourth-order valence-electron chi connectivity index (χ4n) is 8.81. The molecule has 5 rings (SSSR count). The van der Waals surface area contributed by atoms with Gasteiger partial charge in [-0.2, -0.15) is 0 Å². The number of hydrogen-bond donors (Lipinski definition) is 4. The first-order valence-electron chi connectivity index (χ1n) is 18.0. The van der Waals surface area contributed by atoms with Crippen molar-refractivity contribution >= 4 is 35.9 Å². The maximum Gasteiger partial charge on any atom is 0.329 e. The quantitative estimate of drug-likeness (QED) is 0.114. The van der Waals surface area contributed by atoms with Gasteiger partial charge in [0.2, 0.25) is 0 Å². The van der Waals surface area contributed by atoms with Gasteiger partial charge in [0.25, 0.3) is 0 Å². The van der Waals surface area contributed by atoms with Gasteiger partial charge >= 0.3 is 35.9 Å². The zero-order valence-electron chi connectivity index (χ0n) is 29.9. The van der Waals surface area contributed by atoms with E-state index in [1.165, 1.54) is 0 Å². The van der Waals surface area contributed by atoms with Crippen molar-refractivity contribution in [1.29, 1.82) is 0 Å². The third-order valence-corrected chi connectivity index (χ3v) is 12.4. The number of fused-ring (bicyclic) bond motifs is 7. The lowest BCUT2D eigenvalue weighted by Gasteiger charge is -2.50. The van der Waals surface area contributed by atoms with Crippen molar-refractivity contribution in [3.63, 3.8) is 0 Å². The normalized spacial score (nSPS) is 32.1. The van der Waals surface area contributed by atoms with Gasteiger partial charge in [-0.3, -0.25) is 19.2 Å². The molecule has 276 valence electrons. The summed E-state index contributed by atoms with van der Waals surface area (Å²) in [5.41, 5.74) is -2.24.